The molecule has 3 aliphatic rings. The molecular weight excluding hydrogens is 454 g/mol. The van der Waals surface area contributed by atoms with Crippen LogP contribution in [0.5, 0.6) is 5.75 Å². The SMILES string of the molecule is O=C(Oc1ccc(N2C(=O)[C@H]3CC=CC[C@H]3C2=O)cc1)[C@@H]1CC(=O)N(c2ccc([N+](=O)[O-])cc2)C1. The molecule has 178 valence electrons. The van der Waals surface area contributed by atoms with E-state index in [-0.39, 0.29) is 54.0 Å². The monoisotopic (exact) mass is 475 g/mol. The van der Waals surface area contributed by atoms with E-state index in [4.69, 9.17) is 4.74 Å². The number of hydrogen-bond acceptors (Lipinski definition) is 7. The van der Waals surface area contributed by atoms with Gasteiger partial charge in [0.15, 0.2) is 0 Å². The van der Waals surface area contributed by atoms with Gasteiger partial charge in [-0.05, 0) is 49.2 Å². The zero-order valence-corrected chi connectivity index (χ0v) is 18.5. The van der Waals surface area contributed by atoms with E-state index in [2.05, 4.69) is 0 Å². The number of nitro benzene ring substituents is 1. The predicted molar refractivity (Wildman–Crippen MR) is 123 cm³/mol. The lowest BCUT2D eigenvalue weighted by molar-refractivity contribution is -0.384. The maximum absolute atomic E-state index is 12.7. The normalized spacial score (nSPS) is 23.5. The van der Waals surface area contributed by atoms with Crippen LogP contribution in [-0.2, 0) is 19.2 Å². The third kappa shape index (κ3) is 4.07. The van der Waals surface area contributed by atoms with Crippen molar-refractivity contribution in [3.63, 3.8) is 0 Å². The fourth-order valence-electron chi connectivity index (χ4n) is 4.79. The Kier molecular flexibility index (Phi) is 5.64. The number of hydrogen-bond donors (Lipinski definition) is 0. The quantitative estimate of drug-likeness (QED) is 0.162. The highest BCUT2D eigenvalue weighted by molar-refractivity contribution is 6.22. The molecule has 0 N–H and O–H groups in total. The lowest BCUT2D eigenvalue weighted by Crippen LogP contribution is -2.30. The van der Waals surface area contributed by atoms with Gasteiger partial charge >= 0.3 is 5.97 Å². The standard InChI is InChI=1S/C25H21N3O7/c29-22-13-15(14-26(22)16-5-7-18(8-6-16)28(33)34)25(32)35-19-11-9-17(10-12-19)27-23(30)20-3-1-2-4-21(20)24(27)31/h1-2,5-12,15,20-21H,3-4,13-14H2/t15-,20-,21+/m1/s1. The molecule has 0 unspecified atom stereocenters. The molecule has 0 aromatic heterocycles. The fourth-order valence-corrected chi connectivity index (χ4v) is 4.79. The number of fused-ring (bicyclic) bond motifs is 1. The van der Waals surface area contributed by atoms with Gasteiger partial charge < -0.3 is 9.64 Å². The van der Waals surface area contributed by atoms with Crippen molar-refractivity contribution in [1.29, 1.82) is 0 Å². The number of imide groups is 1. The Morgan fingerprint density at radius 1 is 0.886 bits per heavy atom. The molecule has 10 nitrogen and oxygen atoms in total. The Labute approximate surface area is 199 Å². The molecule has 35 heavy (non-hydrogen) atoms. The first-order valence-electron chi connectivity index (χ1n) is 11.2. The van der Waals surface area contributed by atoms with Gasteiger partial charge in [-0.25, -0.2) is 0 Å². The molecule has 3 amide bonds. The van der Waals surface area contributed by atoms with E-state index in [1.807, 2.05) is 12.2 Å². The van der Waals surface area contributed by atoms with Gasteiger partial charge in [0, 0.05) is 30.8 Å². The highest BCUT2D eigenvalue weighted by Gasteiger charge is 2.47. The first-order chi connectivity index (χ1) is 16.8. The average Bonchev–Trinajstić information content (AvgIpc) is 3.37. The first-order valence-corrected chi connectivity index (χ1v) is 11.2. The molecule has 3 atom stereocenters. The van der Waals surface area contributed by atoms with E-state index in [1.165, 1.54) is 46.2 Å². The van der Waals surface area contributed by atoms with E-state index in [1.54, 1.807) is 12.1 Å². The summed E-state index contributed by atoms with van der Waals surface area (Å²) >= 11 is 0. The molecule has 2 aromatic rings. The van der Waals surface area contributed by atoms with Crippen LogP contribution in [0, 0.1) is 27.9 Å². The summed E-state index contributed by atoms with van der Waals surface area (Å²) in [5.74, 6) is -2.42. The Morgan fingerprint density at radius 2 is 1.46 bits per heavy atom. The van der Waals surface area contributed by atoms with Crippen LogP contribution >= 0.6 is 0 Å². The molecular formula is C25H21N3O7. The summed E-state index contributed by atoms with van der Waals surface area (Å²) in [6, 6.07) is 11.7. The lowest BCUT2D eigenvalue weighted by atomic mass is 9.85. The van der Waals surface area contributed by atoms with Crippen LogP contribution in [0.2, 0.25) is 0 Å². The minimum absolute atomic E-state index is 0.0402. The second-order valence-corrected chi connectivity index (χ2v) is 8.76. The number of benzene rings is 2. The third-order valence-corrected chi connectivity index (χ3v) is 6.65. The van der Waals surface area contributed by atoms with Crippen molar-refractivity contribution in [3.05, 3.63) is 70.8 Å². The second kappa shape index (κ2) is 8.79. The van der Waals surface area contributed by atoms with E-state index in [9.17, 15) is 29.3 Å². The number of non-ortho nitro benzene ring substituents is 1. The third-order valence-electron chi connectivity index (χ3n) is 6.65. The summed E-state index contributed by atoms with van der Waals surface area (Å²) in [5, 5.41) is 10.8. The second-order valence-electron chi connectivity index (χ2n) is 8.76. The summed E-state index contributed by atoms with van der Waals surface area (Å²) in [4.78, 5) is 63.5. The molecule has 2 fully saturated rings. The molecule has 0 saturated carbocycles. The van der Waals surface area contributed by atoms with Crippen LogP contribution in [0.1, 0.15) is 19.3 Å². The summed E-state index contributed by atoms with van der Waals surface area (Å²) in [6.07, 6.45) is 4.92. The van der Waals surface area contributed by atoms with E-state index < -0.39 is 16.8 Å². The van der Waals surface area contributed by atoms with E-state index in [0.29, 0.717) is 24.2 Å². The van der Waals surface area contributed by atoms with Crippen molar-refractivity contribution in [3.8, 4) is 5.75 Å². The van der Waals surface area contributed by atoms with Gasteiger partial charge in [0.2, 0.25) is 17.7 Å². The number of amides is 3. The average molecular weight is 475 g/mol. The van der Waals surface area contributed by atoms with Crippen LogP contribution in [0.15, 0.2) is 60.7 Å². The first kappa shape index (κ1) is 22.5. The number of ether oxygens (including phenoxy) is 1. The summed E-state index contributed by atoms with van der Waals surface area (Å²) in [7, 11) is 0. The van der Waals surface area contributed by atoms with Gasteiger partial charge in [0.25, 0.3) is 5.69 Å². The number of nitro groups is 1. The van der Waals surface area contributed by atoms with Crippen molar-refractivity contribution < 1.29 is 28.8 Å². The number of rotatable bonds is 5. The number of allylic oxidation sites excluding steroid dienone is 2. The number of nitrogens with zero attached hydrogens (tertiary/aromatic N) is 3. The zero-order valence-electron chi connectivity index (χ0n) is 18.5. The molecule has 0 bridgehead atoms. The lowest BCUT2D eigenvalue weighted by Gasteiger charge is -2.17. The van der Waals surface area contributed by atoms with Crippen molar-refractivity contribution in [1.82, 2.24) is 0 Å². The zero-order chi connectivity index (χ0) is 24.7. The van der Waals surface area contributed by atoms with Crippen LogP contribution in [0.25, 0.3) is 0 Å². The van der Waals surface area contributed by atoms with Gasteiger partial charge in [-0.2, -0.15) is 0 Å². The van der Waals surface area contributed by atoms with E-state index >= 15 is 0 Å². The highest BCUT2D eigenvalue weighted by Crippen LogP contribution is 2.38. The van der Waals surface area contributed by atoms with Gasteiger partial charge in [-0.15, -0.1) is 0 Å². The van der Waals surface area contributed by atoms with Gasteiger partial charge in [0.1, 0.15) is 5.75 Å². The molecule has 10 heteroatoms. The Bertz CT molecular complexity index is 1230. The largest absolute Gasteiger partial charge is 0.426 e. The maximum Gasteiger partial charge on any atom is 0.316 e. The smallest absolute Gasteiger partial charge is 0.316 e. The van der Waals surface area contributed by atoms with Gasteiger partial charge in [-0.3, -0.25) is 34.2 Å². The molecule has 0 spiro atoms. The highest BCUT2D eigenvalue weighted by atomic mass is 16.6. The molecule has 5 rings (SSSR count). The number of carbonyl (C=O) groups is 4. The summed E-state index contributed by atoms with van der Waals surface area (Å²) < 4.78 is 5.44. The van der Waals surface area contributed by atoms with Crippen LogP contribution in [0.4, 0.5) is 17.1 Å². The Balaban J connectivity index is 1.23. The molecule has 2 aliphatic heterocycles. The molecule has 1 aliphatic carbocycles. The van der Waals surface area contributed by atoms with Crippen molar-refractivity contribution >= 4 is 40.8 Å². The maximum atomic E-state index is 12.7. The molecule has 0 radical (unpaired) electrons. The molecule has 2 heterocycles. The summed E-state index contributed by atoms with van der Waals surface area (Å²) in [5.41, 5.74) is 0.804. The van der Waals surface area contributed by atoms with Crippen molar-refractivity contribution in [2.24, 2.45) is 17.8 Å². The Hall–Kier alpha value is -4.34. The van der Waals surface area contributed by atoms with Crippen molar-refractivity contribution in [2.75, 3.05) is 16.3 Å². The van der Waals surface area contributed by atoms with Crippen LogP contribution < -0.4 is 14.5 Å². The van der Waals surface area contributed by atoms with Crippen LogP contribution in [0.3, 0.4) is 0 Å². The number of esters is 1. The topological polar surface area (TPSA) is 127 Å². The Morgan fingerprint density at radius 3 is 2.03 bits per heavy atom. The predicted octanol–water partition coefficient (Wildman–Crippen LogP) is 3.01. The fraction of sp³-hybridized carbons (Fsp3) is 0.280. The minimum atomic E-state index is -0.699. The number of carbonyl (C=O) groups excluding carboxylic acids is 4. The molecule has 2 saturated heterocycles. The van der Waals surface area contributed by atoms with Gasteiger partial charge in [-0.1, -0.05) is 12.2 Å². The van der Waals surface area contributed by atoms with Crippen molar-refractivity contribution in [2.45, 2.75) is 19.3 Å². The number of anilines is 2. The van der Waals surface area contributed by atoms with E-state index in [0.717, 1.165) is 0 Å². The molecule has 2 aromatic carbocycles. The van der Waals surface area contributed by atoms with Crippen LogP contribution in [-0.4, -0.2) is 35.2 Å². The minimum Gasteiger partial charge on any atom is -0.426 e. The van der Waals surface area contributed by atoms with Gasteiger partial charge in [0.05, 0.1) is 28.4 Å². The summed E-state index contributed by atoms with van der Waals surface area (Å²) in [6.45, 7) is 0.0984.